The van der Waals surface area contributed by atoms with Crippen LogP contribution in [0.3, 0.4) is 0 Å². The Morgan fingerprint density at radius 2 is 1.77 bits per heavy atom. The monoisotopic (exact) mass is 363 g/mol. The Labute approximate surface area is 157 Å². The molecule has 1 heterocycles. The highest BCUT2D eigenvalue weighted by Crippen LogP contribution is 2.39. The van der Waals surface area contributed by atoms with Crippen LogP contribution in [0.2, 0.25) is 0 Å². The summed E-state index contributed by atoms with van der Waals surface area (Å²) in [5, 5.41) is 3.64. The van der Waals surface area contributed by atoms with Gasteiger partial charge < -0.3 is 24.3 Å². The highest BCUT2D eigenvalue weighted by molar-refractivity contribution is 5.15. The molecular formula is C21H33NO4. The maximum atomic E-state index is 6.17. The van der Waals surface area contributed by atoms with Gasteiger partial charge in [0.1, 0.15) is 12.2 Å². The van der Waals surface area contributed by atoms with Gasteiger partial charge in [0.25, 0.3) is 0 Å². The van der Waals surface area contributed by atoms with Crippen molar-refractivity contribution in [3.8, 4) is 0 Å². The molecule has 2 aliphatic rings. The van der Waals surface area contributed by atoms with Crippen LogP contribution in [0.5, 0.6) is 0 Å². The van der Waals surface area contributed by atoms with Gasteiger partial charge in [-0.2, -0.15) is 0 Å². The van der Waals surface area contributed by atoms with Crippen LogP contribution in [-0.2, 0) is 25.5 Å². The number of fused-ring (bicyclic) bond motifs is 1. The van der Waals surface area contributed by atoms with E-state index in [1.54, 1.807) is 0 Å². The lowest BCUT2D eigenvalue weighted by atomic mass is 10.1. The average Bonchev–Trinajstić information content (AvgIpc) is 3.03. The molecule has 0 spiro atoms. The first kappa shape index (κ1) is 19.8. The predicted octanol–water partition coefficient (Wildman–Crippen LogP) is 3.27. The molecule has 2 fully saturated rings. The molecule has 1 N–H and O–H groups in total. The molecule has 0 bridgehead atoms. The van der Waals surface area contributed by atoms with Crippen molar-refractivity contribution >= 4 is 0 Å². The molecule has 5 nitrogen and oxygen atoms in total. The molecule has 146 valence electrons. The molecule has 1 unspecified atom stereocenters. The topological polar surface area (TPSA) is 49.0 Å². The maximum Gasteiger partial charge on any atom is 0.163 e. The minimum Gasteiger partial charge on any atom is -0.373 e. The van der Waals surface area contributed by atoms with Crippen LogP contribution in [0, 0.1) is 0 Å². The third-order valence-corrected chi connectivity index (χ3v) is 4.77. The van der Waals surface area contributed by atoms with Crippen molar-refractivity contribution in [2.45, 2.75) is 83.3 Å². The van der Waals surface area contributed by atoms with E-state index in [4.69, 9.17) is 18.9 Å². The molecule has 3 rings (SSSR count). The predicted molar refractivity (Wildman–Crippen MR) is 101 cm³/mol. The quantitative estimate of drug-likeness (QED) is 0.754. The van der Waals surface area contributed by atoms with E-state index in [1.807, 2.05) is 19.9 Å². The number of hydrogen-bond donors (Lipinski definition) is 1. The van der Waals surface area contributed by atoms with E-state index in [9.17, 15) is 0 Å². The molecule has 0 radical (unpaired) electrons. The molecule has 0 aromatic heterocycles. The van der Waals surface area contributed by atoms with E-state index >= 15 is 0 Å². The fourth-order valence-electron chi connectivity index (χ4n) is 3.69. The second-order valence-corrected chi connectivity index (χ2v) is 8.64. The normalized spacial score (nSPS) is 30.5. The SMILES string of the molecule is CC(C)(C)OCCOC1C[C@@H](NCc2ccccc2)[C@@H]2OC(C)(C)O[C@H]12. The summed E-state index contributed by atoms with van der Waals surface area (Å²) in [6, 6.07) is 10.6. The molecule has 1 saturated heterocycles. The van der Waals surface area contributed by atoms with Crippen molar-refractivity contribution in [1.29, 1.82) is 0 Å². The van der Waals surface area contributed by atoms with Crippen LogP contribution in [0.25, 0.3) is 0 Å². The van der Waals surface area contributed by atoms with Gasteiger partial charge in [-0.1, -0.05) is 30.3 Å². The van der Waals surface area contributed by atoms with Gasteiger partial charge in [-0.15, -0.1) is 0 Å². The Kier molecular flexibility index (Phi) is 6.04. The molecule has 1 aliphatic heterocycles. The summed E-state index contributed by atoms with van der Waals surface area (Å²) >= 11 is 0. The summed E-state index contributed by atoms with van der Waals surface area (Å²) in [6.07, 6.45) is 0.891. The second-order valence-electron chi connectivity index (χ2n) is 8.64. The number of nitrogens with one attached hydrogen (secondary N) is 1. The molecule has 1 saturated carbocycles. The lowest BCUT2D eigenvalue weighted by Gasteiger charge is -2.25. The summed E-state index contributed by atoms with van der Waals surface area (Å²) < 4.78 is 24.2. The summed E-state index contributed by atoms with van der Waals surface area (Å²) in [5.74, 6) is -0.564. The summed E-state index contributed by atoms with van der Waals surface area (Å²) in [6.45, 7) is 12.1. The zero-order valence-electron chi connectivity index (χ0n) is 16.7. The molecular weight excluding hydrogens is 330 g/mol. The van der Waals surface area contributed by atoms with E-state index in [0.717, 1.165) is 13.0 Å². The van der Waals surface area contributed by atoms with E-state index in [2.05, 4.69) is 50.4 Å². The Balaban J connectivity index is 1.55. The van der Waals surface area contributed by atoms with Crippen LogP contribution in [0.15, 0.2) is 30.3 Å². The molecule has 5 heteroatoms. The average molecular weight is 363 g/mol. The third kappa shape index (κ3) is 5.27. The number of hydrogen-bond acceptors (Lipinski definition) is 5. The number of ether oxygens (including phenoxy) is 4. The van der Waals surface area contributed by atoms with Crippen molar-refractivity contribution in [1.82, 2.24) is 5.32 Å². The fraction of sp³-hybridized carbons (Fsp3) is 0.714. The third-order valence-electron chi connectivity index (χ3n) is 4.77. The number of benzene rings is 1. The molecule has 0 amide bonds. The zero-order valence-corrected chi connectivity index (χ0v) is 16.7. The highest BCUT2D eigenvalue weighted by Gasteiger charge is 2.54. The molecule has 4 atom stereocenters. The highest BCUT2D eigenvalue weighted by atomic mass is 16.8. The van der Waals surface area contributed by atoms with Gasteiger partial charge in [0.05, 0.1) is 24.9 Å². The zero-order chi connectivity index (χ0) is 18.8. The first-order valence-corrected chi connectivity index (χ1v) is 9.62. The molecule has 1 aromatic carbocycles. The van der Waals surface area contributed by atoms with Gasteiger partial charge in [-0.3, -0.25) is 0 Å². The van der Waals surface area contributed by atoms with E-state index in [1.165, 1.54) is 5.56 Å². The van der Waals surface area contributed by atoms with E-state index in [-0.39, 0.29) is 30.0 Å². The van der Waals surface area contributed by atoms with Crippen molar-refractivity contribution < 1.29 is 18.9 Å². The summed E-state index contributed by atoms with van der Waals surface area (Å²) in [7, 11) is 0. The minimum atomic E-state index is -0.564. The largest absolute Gasteiger partial charge is 0.373 e. The van der Waals surface area contributed by atoms with E-state index < -0.39 is 5.79 Å². The first-order chi connectivity index (χ1) is 12.2. The van der Waals surface area contributed by atoms with Gasteiger partial charge in [-0.05, 0) is 46.6 Å². The van der Waals surface area contributed by atoms with Gasteiger partial charge in [0, 0.05) is 12.6 Å². The standard InChI is InChI=1S/C21H33NO4/c1-20(2,3)24-12-11-23-17-13-16(18-19(17)26-21(4,5)25-18)22-14-15-9-7-6-8-10-15/h6-10,16-19,22H,11-14H2,1-5H3/t16-,17?,18+,19-/m1/s1. The van der Waals surface area contributed by atoms with Crippen LogP contribution >= 0.6 is 0 Å². The molecule has 1 aromatic rings. The fourth-order valence-corrected chi connectivity index (χ4v) is 3.69. The smallest absolute Gasteiger partial charge is 0.163 e. The van der Waals surface area contributed by atoms with Crippen LogP contribution in [0.1, 0.15) is 46.6 Å². The number of rotatable bonds is 7. The Hall–Kier alpha value is -0.980. The van der Waals surface area contributed by atoms with Gasteiger partial charge in [0.2, 0.25) is 0 Å². The maximum absolute atomic E-state index is 6.17. The lowest BCUT2D eigenvalue weighted by molar-refractivity contribution is -0.170. The van der Waals surface area contributed by atoms with Gasteiger partial charge in [0.15, 0.2) is 5.79 Å². The van der Waals surface area contributed by atoms with Gasteiger partial charge in [-0.25, -0.2) is 0 Å². The minimum absolute atomic E-state index is 0.0160. The molecule has 1 aliphatic carbocycles. The second kappa shape index (κ2) is 7.95. The van der Waals surface area contributed by atoms with Crippen LogP contribution in [-0.4, -0.2) is 49.0 Å². The van der Waals surface area contributed by atoms with Crippen molar-refractivity contribution in [2.75, 3.05) is 13.2 Å². The molecule has 26 heavy (non-hydrogen) atoms. The van der Waals surface area contributed by atoms with Gasteiger partial charge >= 0.3 is 0 Å². The first-order valence-electron chi connectivity index (χ1n) is 9.62. The summed E-state index contributed by atoms with van der Waals surface area (Å²) in [5.41, 5.74) is 1.13. The Morgan fingerprint density at radius 1 is 1.08 bits per heavy atom. The van der Waals surface area contributed by atoms with Crippen LogP contribution < -0.4 is 5.32 Å². The van der Waals surface area contributed by atoms with Crippen molar-refractivity contribution in [3.05, 3.63) is 35.9 Å². The van der Waals surface area contributed by atoms with Crippen LogP contribution in [0.4, 0.5) is 0 Å². The van der Waals surface area contributed by atoms with E-state index in [0.29, 0.717) is 13.2 Å². The lowest BCUT2D eigenvalue weighted by Crippen LogP contribution is -2.39. The van der Waals surface area contributed by atoms with Crippen molar-refractivity contribution in [3.63, 3.8) is 0 Å². The Bertz CT molecular complexity index is 569. The van der Waals surface area contributed by atoms with Crippen molar-refractivity contribution in [2.24, 2.45) is 0 Å². The Morgan fingerprint density at radius 3 is 2.46 bits per heavy atom. The summed E-state index contributed by atoms with van der Waals surface area (Å²) in [4.78, 5) is 0.